The smallest absolute Gasteiger partial charge is 0.154 e. The predicted octanol–water partition coefficient (Wildman–Crippen LogP) is 14.5. The molecule has 0 bridgehead atoms. The van der Waals surface area contributed by atoms with Gasteiger partial charge >= 0.3 is 0 Å². The summed E-state index contributed by atoms with van der Waals surface area (Å²) < 4.78 is 8.61. The zero-order chi connectivity index (χ0) is 41.7. The Balaban J connectivity index is 0.000000215. The number of rotatable bonds is 4. The van der Waals surface area contributed by atoms with Crippen molar-refractivity contribution in [1.82, 2.24) is 4.57 Å². The summed E-state index contributed by atoms with van der Waals surface area (Å²) in [6.07, 6.45) is 0. The van der Waals surface area contributed by atoms with Crippen molar-refractivity contribution in [2.45, 2.75) is 6.92 Å². The Kier molecular flexibility index (Phi) is 8.94. The first-order valence-corrected chi connectivity index (χ1v) is 20.8. The number of amidine groups is 2. The molecule has 12 aromatic rings. The molecule has 294 valence electrons. The number of hydrogen-bond acceptors (Lipinski definition) is 2. The van der Waals surface area contributed by atoms with Crippen LogP contribution in [0.1, 0.15) is 16.7 Å². The van der Waals surface area contributed by atoms with Crippen LogP contribution in [0.4, 0.5) is 0 Å². The number of aliphatic imine (C=N–C) groups is 1. The number of hydrogen-bond donors (Lipinski definition) is 2. The predicted molar refractivity (Wildman–Crippen MR) is 261 cm³/mol. The van der Waals surface area contributed by atoms with Gasteiger partial charge in [0.15, 0.2) is 5.84 Å². The van der Waals surface area contributed by atoms with E-state index in [0.717, 1.165) is 33.4 Å². The average Bonchev–Trinajstić information content (AvgIpc) is 3.88. The third-order valence-electron chi connectivity index (χ3n) is 12.0. The molecule has 0 saturated carbocycles. The lowest BCUT2D eigenvalue weighted by Crippen LogP contribution is -2.15. The molecule has 0 saturated heterocycles. The molecule has 0 unspecified atom stereocenters. The Morgan fingerprint density at radius 2 is 1.00 bits per heavy atom. The van der Waals surface area contributed by atoms with Crippen LogP contribution in [0.15, 0.2) is 216 Å². The Hall–Kier alpha value is -8.28. The van der Waals surface area contributed by atoms with Crippen LogP contribution < -0.4 is 5.73 Å². The molecular weight excluding hydrogens is 757 g/mol. The standard InChI is InChI=1S/C43H27NO.C14H13N3/c1-26-9-8-16-42-43(26)38-25-29(19-22-41(38)45-42)44-39-15-7-6-14-35(39)37-24-28(18-21-40(37)44)27-17-20-34-32-12-3-2-10-30(32)31-11-4-5-13-33(31)36(34)23-27;15-13(11-7-3-1-4-8-11)17-14(16)12-9-5-2-6-10-12/h2-25H,1H3;1-10H,(H3,15,16,17). The second-order valence-electron chi connectivity index (χ2n) is 15.7. The molecule has 0 aliphatic carbocycles. The molecular formula is C57H40N4O. The molecule has 5 heteroatoms. The Labute approximate surface area is 358 Å². The van der Waals surface area contributed by atoms with Gasteiger partial charge in [-0.15, -0.1) is 0 Å². The summed E-state index contributed by atoms with van der Waals surface area (Å²) in [6, 6.07) is 71.8. The van der Waals surface area contributed by atoms with Crippen LogP contribution in [0.5, 0.6) is 0 Å². The van der Waals surface area contributed by atoms with Gasteiger partial charge in [-0.1, -0.05) is 158 Å². The average molecular weight is 797 g/mol. The maximum absolute atomic E-state index is 7.84. The van der Waals surface area contributed by atoms with E-state index in [-0.39, 0.29) is 5.84 Å². The van der Waals surface area contributed by atoms with Crippen LogP contribution in [0.3, 0.4) is 0 Å². The van der Waals surface area contributed by atoms with Gasteiger partial charge in [-0.25, -0.2) is 4.99 Å². The van der Waals surface area contributed by atoms with E-state index in [4.69, 9.17) is 15.6 Å². The van der Waals surface area contributed by atoms with Crippen molar-refractivity contribution < 1.29 is 4.42 Å². The largest absolute Gasteiger partial charge is 0.456 e. The number of nitrogens with one attached hydrogen (secondary N) is 1. The molecule has 0 fully saturated rings. The van der Waals surface area contributed by atoms with E-state index in [1.165, 1.54) is 76.2 Å². The monoisotopic (exact) mass is 796 g/mol. The van der Waals surface area contributed by atoms with Crippen molar-refractivity contribution in [2.24, 2.45) is 10.7 Å². The fraction of sp³-hybridized carbons (Fsp3) is 0.0175. The number of fused-ring (bicyclic) bond motifs is 12. The van der Waals surface area contributed by atoms with Gasteiger partial charge in [0, 0.05) is 38.4 Å². The molecule has 62 heavy (non-hydrogen) atoms. The zero-order valence-corrected chi connectivity index (χ0v) is 34.0. The summed E-state index contributed by atoms with van der Waals surface area (Å²) in [4.78, 5) is 4.10. The molecule has 0 spiro atoms. The lowest BCUT2D eigenvalue weighted by molar-refractivity contribution is 0.668. The summed E-state index contributed by atoms with van der Waals surface area (Å²) in [6.45, 7) is 2.16. The van der Waals surface area contributed by atoms with Crippen molar-refractivity contribution in [1.29, 1.82) is 5.41 Å². The lowest BCUT2D eigenvalue weighted by Gasteiger charge is -2.12. The summed E-state index contributed by atoms with van der Waals surface area (Å²) in [5, 5.41) is 20.5. The molecule has 0 amide bonds. The van der Waals surface area contributed by atoms with Crippen LogP contribution in [0.25, 0.3) is 92.9 Å². The molecule has 0 aliphatic rings. The van der Waals surface area contributed by atoms with Gasteiger partial charge in [0.1, 0.15) is 17.0 Å². The first kappa shape index (κ1) is 36.8. The van der Waals surface area contributed by atoms with Gasteiger partial charge in [0.25, 0.3) is 0 Å². The number of nitrogens with two attached hydrogens (primary N) is 1. The molecule has 10 aromatic carbocycles. The van der Waals surface area contributed by atoms with Crippen molar-refractivity contribution in [3.05, 3.63) is 223 Å². The molecule has 2 aromatic heterocycles. The molecule has 0 radical (unpaired) electrons. The zero-order valence-electron chi connectivity index (χ0n) is 34.0. The fourth-order valence-corrected chi connectivity index (χ4v) is 9.10. The number of nitrogens with zero attached hydrogens (tertiary/aromatic N) is 2. The summed E-state index contributed by atoms with van der Waals surface area (Å²) in [5.41, 5.74) is 16.5. The summed E-state index contributed by atoms with van der Waals surface area (Å²) >= 11 is 0. The second kappa shape index (κ2) is 15.1. The Morgan fingerprint density at radius 1 is 0.452 bits per heavy atom. The quantitative estimate of drug-likeness (QED) is 0.106. The van der Waals surface area contributed by atoms with Crippen molar-refractivity contribution in [3.8, 4) is 16.8 Å². The molecule has 0 atom stereocenters. The lowest BCUT2D eigenvalue weighted by atomic mass is 9.92. The third kappa shape index (κ3) is 6.27. The van der Waals surface area contributed by atoms with Crippen LogP contribution in [0.2, 0.25) is 0 Å². The first-order valence-electron chi connectivity index (χ1n) is 20.8. The minimum Gasteiger partial charge on any atom is -0.456 e. The van der Waals surface area contributed by atoms with Gasteiger partial charge in [-0.05, 0) is 104 Å². The fourth-order valence-electron chi connectivity index (χ4n) is 9.10. The van der Waals surface area contributed by atoms with Crippen LogP contribution in [0, 0.1) is 12.3 Å². The number of benzene rings is 10. The van der Waals surface area contributed by atoms with E-state index in [2.05, 4.69) is 162 Å². The number of aryl methyl sites for hydroxylation is 1. The number of aromatic nitrogens is 1. The van der Waals surface area contributed by atoms with Gasteiger partial charge in [-0.2, -0.15) is 0 Å². The first-order chi connectivity index (χ1) is 30.5. The molecule has 0 aliphatic heterocycles. The number of furan rings is 1. The van der Waals surface area contributed by atoms with E-state index < -0.39 is 0 Å². The highest BCUT2D eigenvalue weighted by Gasteiger charge is 2.17. The van der Waals surface area contributed by atoms with Crippen LogP contribution >= 0.6 is 0 Å². The highest BCUT2D eigenvalue weighted by molar-refractivity contribution is 6.26. The molecule has 2 heterocycles. The summed E-state index contributed by atoms with van der Waals surface area (Å²) in [7, 11) is 0. The molecule has 3 N–H and O–H groups in total. The topological polar surface area (TPSA) is 80.3 Å². The minimum atomic E-state index is 0.173. The Bertz CT molecular complexity index is 3690. The van der Waals surface area contributed by atoms with Crippen molar-refractivity contribution in [2.75, 3.05) is 0 Å². The van der Waals surface area contributed by atoms with E-state index in [0.29, 0.717) is 5.84 Å². The normalized spacial score (nSPS) is 11.9. The van der Waals surface area contributed by atoms with E-state index >= 15 is 0 Å². The van der Waals surface area contributed by atoms with E-state index in [1.807, 2.05) is 60.7 Å². The van der Waals surface area contributed by atoms with Gasteiger partial charge in [0.2, 0.25) is 0 Å². The van der Waals surface area contributed by atoms with E-state index in [9.17, 15) is 0 Å². The van der Waals surface area contributed by atoms with Gasteiger partial charge < -0.3 is 14.7 Å². The molecule has 12 rings (SSSR count). The summed E-state index contributed by atoms with van der Waals surface area (Å²) in [5.74, 6) is 0.534. The van der Waals surface area contributed by atoms with Gasteiger partial charge in [0.05, 0.1) is 11.0 Å². The highest BCUT2D eigenvalue weighted by Crippen LogP contribution is 2.40. The molecule has 5 nitrogen and oxygen atoms in total. The van der Waals surface area contributed by atoms with Crippen molar-refractivity contribution in [3.63, 3.8) is 0 Å². The van der Waals surface area contributed by atoms with E-state index in [1.54, 1.807) is 0 Å². The second-order valence-corrected chi connectivity index (χ2v) is 15.7. The van der Waals surface area contributed by atoms with Gasteiger partial charge in [-0.3, -0.25) is 5.41 Å². The SMILES string of the molecule is Cc1cccc2oc3ccc(-n4c5ccccc5c5cc(-c6ccc7c8ccccc8c8ccccc8c7c6)ccc54)cc3c12.N=C(N=C(N)c1ccccc1)c1ccccc1. The third-order valence-corrected chi connectivity index (χ3v) is 12.0. The van der Waals surface area contributed by atoms with Crippen molar-refractivity contribution >= 4 is 87.7 Å². The maximum Gasteiger partial charge on any atom is 0.154 e. The highest BCUT2D eigenvalue weighted by atomic mass is 16.3. The minimum absolute atomic E-state index is 0.173. The van der Waals surface area contributed by atoms with Crippen LogP contribution in [-0.4, -0.2) is 16.2 Å². The number of para-hydroxylation sites is 1. The van der Waals surface area contributed by atoms with Crippen LogP contribution in [-0.2, 0) is 0 Å². The Morgan fingerprint density at radius 3 is 1.69 bits per heavy atom. The maximum atomic E-state index is 7.84.